The normalized spacial score (nSPS) is 10.5. The van der Waals surface area contributed by atoms with Crippen LogP contribution >= 0.6 is 0 Å². The Bertz CT molecular complexity index is 541. The Kier molecular flexibility index (Phi) is 4.69. The third-order valence-electron chi connectivity index (χ3n) is 2.24. The molecule has 0 bridgehead atoms. The maximum absolute atomic E-state index is 11.5. The monoisotopic (exact) mass is 255 g/mol. The molecule has 0 saturated heterocycles. The molecule has 0 aliphatic heterocycles. The molecule has 6 nitrogen and oxygen atoms in total. The lowest BCUT2D eigenvalue weighted by Crippen LogP contribution is -2.24. The Morgan fingerprint density at radius 3 is 2.37 bits per heavy atom. The van der Waals surface area contributed by atoms with Gasteiger partial charge in [0.2, 0.25) is 5.91 Å². The van der Waals surface area contributed by atoms with Gasteiger partial charge in [-0.05, 0) is 18.2 Å². The third-order valence-corrected chi connectivity index (χ3v) is 2.24. The minimum Gasteiger partial charge on any atom is -0.352 e. The van der Waals surface area contributed by atoms with E-state index in [9.17, 15) is 4.79 Å². The molecule has 0 saturated carbocycles. The van der Waals surface area contributed by atoms with Gasteiger partial charge >= 0.3 is 0 Å². The molecule has 96 valence electrons. The summed E-state index contributed by atoms with van der Waals surface area (Å²) in [4.78, 5) is 27.6. The van der Waals surface area contributed by atoms with Crippen molar-refractivity contribution in [2.24, 2.45) is 0 Å². The van der Waals surface area contributed by atoms with Gasteiger partial charge in [-0.25, -0.2) is 19.9 Å². The number of carbonyl (C=O) groups excluding carboxylic acids is 1. The summed E-state index contributed by atoms with van der Waals surface area (Å²) in [5, 5.41) is 2.74. The molecule has 0 aliphatic carbocycles. The Labute approximate surface area is 110 Å². The van der Waals surface area contributed by atoms with Crippen molar-refractivity contribution in [2.45, 2.75) is 6.42 Å². The minimum atomic E-state index is -0.191. The summed E-state index contributed by atoms with van der Waals surface area (Å²) in [7, 11) is 0. The average Bonchev–Trinajstić information content (AvgIpc) is 2.47. The second-order valence-corrected chi connectivity index (χ2v) is 3.65. The van der Waals surface area contributed by atoms with Gasteiger partial charge in [0.1, 0.15) is 5.82 Å². The van der Waals surface area contributed by atoms with Crippen LogP contribution in [0.2, 0.25) is 0 Å². The van der Waals surface area contributed by atoms with Crippen LogP contribution < -0.4 is 5.32 Å². The van der Waals surface area contributed by atoms with Crippen LogP contribution in [0.3, 0.4) is 0 Å². The third kappa shape index (κ3) is 4.63. The van der Waals surface area contributed by atoms with E-state index in [1.165, 1.54) is 6.08 Å². The number of amides is 1. The van der Waals surface area contributed by atoms with Crippen LogP contribution in [0, 0.1) is 0 Å². The Morgan fingerprint density at radius 1 is 1.05 bits per heavy atom. The summed E-state index contributed by atoms with van der Waals surface area (Å²) in [6.07, 6.45) is 10.2. The second kappa shape index (κ2) is 6.95. The first kappa shape index (κ1) is 12.8. The molecule has 0 fully saturated rings. The molecule has 0 spiro atoms. The van der Waals surface area contributed by atoms with Gasteiger partial charge < -0.3 is 5.32 Å². The number of hydrogen-bond acceptors (Lipinski definition) is 5. The fourth-order valence-electron chi connectivity index (χ4n) is 1.36. The maximum Gasteiger partial charge on any atom is 0.244 e. The number of nitrogens with zero attached hydrogens (tertiary/aromatic N) is 4. The van der Waals surface area contributed by atoms with Crippen molar-refractivity contribution in [3.8, 4) is 0 Å². The largest absolute Gasteiger partial charge is 0.352 e. The van der Waals surface area contributed by atoms with Gasteiger partial charge in [-0.1, -0.05) is 0 Å². The lowest BCUT2D eigenvalue weighted by atomic mass is 10.3. The smallest absolute Gasteiger partial charge is 0.244 e. The van der Waals surface area contributed by atoms with Gasteiger partial charge in [0.05, 0.1) is 0 Å². The molecule has 2 aromatic rings. The van der Waals surface area contributed by atoms with Gasteiger partial charge in [0.15, 0.2) is 5.82 Å². The number of rotatable bonds is 5. The van der Waals surface area contributed by atoms with E-state index in [0.29, 0.717) is 24.6 Å². The summed E-state index contributed by atoms with van der Waals surface area (Å²) in [5.41, 5.74) is 0. The molecule has 19 heavy (non-hydrogen) atoms. The van der Waals surface area contributed by atoms with E-state index in [2.05, 4.69) is 25.3 Å². The van der Waals surface area contributed by atoms with Gasteiger partial charge in [-0.2, -0.15) is 0 Å². The van der Waals surface area contributed by atoms with Gasteiger partial charge in [-0.15, -0.1) is 0 Å². The molecule has 1 N–H and O–H groups in total. The first-order valence-electron chi connectivity index (χ1n) is 5.83. The SMILES string of the molecule is O=C(/C=C/c1ncccn1)NCCc1ncccn1. The van der Waals surface area contributed by atoms with Crippen molar-refractivity contribution < 1.29 is 4.79 Å². The first-order chi connectivity index (χ1) is 9.34. The highest BCUT2D eigenvalue weighted by Crippen LogP contribution is 1.91. The predicted octanol–water partition coefficient (Wildman–Crippen LogP) is 0.639. The lowest BCUT2D eigenvalue weighted by molar-refractivity contribution is -0.116. The van der Waals surface area contributed by atoms with E-state index in [1.54, 1.807) is 43.0 Å². The molecular formula is C13H13N5O. The van der Waals surface area contributed by atoms with Crippen LogP contribution in [0.4, 0.5) is 0 Å². The van der Waals surface area contributed by atoms with Gasteiger partial charge in [0.25, 0.3) is 0 Å². The molecule has 6 heteroatoms. The highest BCUT2D eigenvalue weighted by molar-refractivity contribution is 5.91. The number of aromatic nitrogens is 4. The summed E-state index contributed by atoms with van der Waals surface area (Å²) in [6.45, 7) is 0.489. The average molecular weight is 255 g/mol. The van der Waals surface area contributed by atoms with E-state index < -0.39 is 0 Å². The summed E-state index contributed by atoms with van der Waals surface area (Å²) < 4.78 is 0. The van der Waals surface area contributed by atoms with Gasteiger partial charge in [-0.3, -0.25) is 4.79 Å². The Hall–Kier alpha value is -2.63. The first-order valence-corrected chi connectivity index (χ1v) is 5.83. The Balaban J connectivity index is 1.75. The molecular weight excluding hydrogens is 242 g/mol. The number of carbonyl (C=O) groups is 1. The molecule has 2 rings (SSSR count). The van der Waals surface area contributed by atoms with Crippen molar-refractivity contribution >= 4 is 12.0 Å². The van der Waals surface area contributed by atoms with E-state index in [4.69, 9.17) is 0 Å². The quantitative estimate of drug-likeness (QED) is 0.793. The zero-order chi connectivity index (χ0) is 13.3. The summed E-state index contributed by atoms with van der Waals surface area (Å²) >= 11 is 0. The maximum atomic E-state index is 11.5. The highest BCUT2D eigenvalue weighted by Gasteiger charge is 1.98. The van der Waals surface area contributed by atoms with E-state index in [-0.39, 0.29) is 5.91 Å². The number of nitrogens with one attached hydrogen (secondary N) is 1. The molecule has 0 radical (unpaired) electrons. The molecule has 0 aliphatic rings. The second-order valence-electron chi connectivity index (χ2n) is 3.65. The van der Waals surface area contributed by atoms with Crippen LogP contribution in [0.25, 0.3) is 6.08 Å². The summed E-state index contributed by atoms with van der Waals surface area (Å²) in [6, 6.07) is 3.47. The highest BCUT2D eigenvalue weighted by atomic mass is 16.1. The molecule has 2 heterocycles. The lowest BCUT2D eigenvalue weighted by Gasteiger charge is -2.00. The zero-order valence-electron chi connectivity index (χ0n) is 10.2. The van der Waals surface area contributed by atoms with Crippen molar-refractivity contribution in [1.82, 2.24) is 25.3 Å². The van der Waals surface area contributed by atoms with Crippen LogP contribution in [0.1, 0.15) is 11.6 Å². The topological polar surface area (TPSA) is 80.7 Å². The fourth-order valence-corrected chi connectivity index (χ4v) is 1.36. The van der Waals surface area contributed by atoms with Crippen LogP contribution in [-0.2, 0) is 11.2 Å². The minimum absolute atomic E-state index is 0.191. The Morgan fingerprint density at radius 2 is 1.68 bits per heavy atom. The van der Waals surface area contributed by atoms with E-state index in [0.717, 1.165) is 0 Å². The van der Waals surface area contributed by atoms with Crippen molar-refractivity contribution in [3.05, 3.63) is 54.6 Å². The molecule has 0 unspecified atom stereocenters. The standard InChI is InChI=1S/C13H13N5O/c19-13(4-3-11-14-6-1-7-15-11)18-10-5-12-16-8-2-9-17-12/h1-4,6-9H,5,10H2,(H,18,19)/b4-3+. The van der Waals surface area contributed by atoms with Crippen LogP contribution in [0.5, 0.6) is 0 Å². The van der Waals surface area contributed by atoms with Crippen molar-refractivity contribution in [2.75, 3.05) is 6.54 Å². The van der Waals surface area contributed by atoms with Crippen LogP contribution in [-0.4, -0.2) is 32.4 Å². The van der Waals surface area contributed by atoms with Crippen molar-refractivity contribution in [1.29, 1.82) is 0 Å². The molecule has 1 amide bonds. The van der Waals surface area contributed by atoms with Crippen LogP contribution in [0.15, 0.2) is 43.0 Å². The van der Waals surface area contributed by atoms with E-state index in [1.807, 2.05) is 0 Å². The van der Waals surface area contributed by atoms with Gasteiger partial charge in [0, 0.05) is 43.8 Å². The van der Waals surface area contributed by atoms with E-state index >= 15 is 0 Å². The predicted molar refractivity (Wildman–Crippen MR) is 69.8 cm³/mol. The fraction of sp³-hybridized carbons (Fsp3) is 0.154. The summed E-state index contributed by atoms with van der Waals surface area (Å²) in [5.74, 6) is 1.02. The molecule has 0 aromatic carbocycles. The molecule has 2 aromatic heterocycles. The number of hydrogen-bond donors (Lipinski definition) is 1. The zero-order valence-corrected chi connectivity index (χ0v) is 10.2. The van der Waals surface area contributed by atoms with Crippen molar-refractivity contribution in [3.63, 3.8) is 0 Å². The molecule has 0 atom stereocenters.